The van der Waals surface area contributed by atoms with E-state index in [1.807, 2.05) is 56.3 Å². The second-order valence-corrected chi connectivity index (χ2v) is 7.60. The van der Waals surface area contributed by atoms with E-state index in [-0.39, 0.29) is 18.3 Å². The second kappa shape index (κ2) is 8.11. The van der Waals surface area contributed by atoms with Crippen LogP contribution in [0.15, 0.2) is 60.7 Å². The molecule has 0 saturated carbocycles. The summed E-state index contributed by atoms with van der Waals surface area (Å²) in [4.78, 5) is 24.8. The van der Waals surface area contributed by atoms with E-state index < -0.39 is 17.5 Å². The number of aliphatic hydroxyl groups is 1. The summed E-state index contributed by atoms with van der Waals surface area (Å²) in [5.41, 5.74) is 1.88. The Hall–Kier alpha value is -2.72. The van der Waals surface area contributed by atoms with Crippen molar-refractivity contribution in [2.75, 3.05) is 6.61 Å². The monoisotopic (exact) mass is 378 g/mol. The smallest absolute Gasteiger partial charge is 0.302 e. The molecular weight excluding hydrogens is 352 g/mol. The third kappa shape index (κ3) is 4.07. The molecule has 3 rings (SSSR count). The highest BCUT2D eigenvalue weighted by Gasteiger charge is 2.47. The Morgan fingerprint density at radius 2 is 1.61 bits per heavy atom. The Labute approximate surface area is 165 Å². The van der Waals surface area contributed by atoms with Crippen LogP contribution in [0.25, 0.3) is 0 Å². The number of aryl methyl sites for hydroxylation is 2. The molecule has 0 aromatic heterocycles. The molecule has 4 nitrogen and oxygen atoms in total. The van der Waals surface area contributed by atoms with Crippen molar-refractivity contribution in [2.45, 2.75) is 32.8 Å². The maximum Gasteiger partial charge on any atom is 0.302 e. The first-order valence-electron chi connectivity index (χ1n) is 9.52. The van der Waals surface area contributed by atoms with Gasteiger partial charge in [0.1, 0.15) is 5.60 Å². The van der Waals surface area contributed by atoms with Crippen LogP contribution in [0.5, 0.6) is 0 Å². The average molecular weight is 378 g/mol. The molecule has 0 spiro atoms. The summed E-state index contributed by atoms with van der Waals surface area (Å²) in [6.07, 6.45) is 4.13. The van der Waals surface area contributed by atoms with Crippen LogP contribution in [0.1, 0.15) is 40.4 Å². The molecule has 1 aliphatic carbocycles. The van der Waals surface area contributed by atoms with Gasteiger partial charge in [0.15, 0.2) is 5.78 Å². The van der Waals surface area contributed by atoms with Crippen molar-refractivity contribution in [3.63, 3.8) is 0 Å². The fourth-order valence-electron chi connectivity index (χ4n) is 3.82. The van der Waals surface area contributed by atoms with E-state index >= 15 is 0 Å². The maximum absolute atomic E-state index is 13.5. The largest absolute Gasteiger partial charge is 0.466 e. The molecule has 2 aromatic carbocycles. The van der Waals surface area contributed by atoms with Crippen molar-refractivity contribution in [1.82, 2.24) is 0 Å². The Balaban J connectivity index is 2.05. The lowest BCUT2D eigenvalue weighted by molar-refractivity contribution is -0.144. The van der Waals surface area contributed by atoms with Gasteiger partial charge in [-0.05, 0) is 25.8 Å². The first-order chi connectivity index (χ1) is 13.3. The summed E-state index contributed by atoms with van der Waals surface area (Å²) in [5, 5.41) is 11.7. The highest BCUT2D eigenvalue weighted by molar-refractivity contribution is 5.99. The first-order valence-corrected chi connectivity index (χ1v) is 9.52. The van der Waals surface area contributed by atoms with E-state index in [4.69, 9.17) is 4.74 Å². The summed E-state index contributed by atoms with van der Waals surface area (Å²) in [6, 6.07) is 14.9. The Bertz CT molecular complexity index is 880. The highest BCUT2D eigenvalue weighted by Crippen LogP contribution is 2.43. The molecule has 4 heteroatoms. The quantitative estimate of drug-likeness (QED) is 0.483. The zero-order valence-electron chi connectivity index (χ0n) is 16.5. The molecule has 0 heterocycles. The number of ketones is 1. The minimum absolute atomic E-state index is 0.0934. The van der Waals surface area contributed by atoms with Crippen molar-refractivity contribution in [3.05, 3.63) is 82.9 Å². The lowest BCUT2D eigenvalue weighted by atomic mass is 9.67. The molecule has 146 valence electrons. The number of carbonyl (C=O) groups is 2. The molecule has 0 radical (unpaired) electrons. The van der Waals surface area contributed by atoms with Gasteiger partial charge in [-0.15, -0.1) is 0 Å². The number of allylic oxidation sites excluding steroid dienone is 1. The van der Waals surface area contributed by atoms with Gasteiger partial charge in [-0.1, -0.05) is 71.8 Å². The first kappa shape index (κ1) is 20.0. The maximum atomic E-state index is 13.5. The van der Waals surface area contributed by atoms with Crippen LogP contribution in [0.3, 0.4) is 0 Å². The number of rotatable bonds is 5. The number of carbonyl (C=O) groups excluding carboxylic acids is 2. The fraction of sp³-hybridized carbons (Fsp3) is 0.333. The molecule has 0 unspecified atom stereocenters. The van der Waals surface area contributed by atoms with Crippen LogP contribution in [-0.2, 0) is 15.1 Å². The molecule has 1 N–H and O–H groups in total. The summed E-state index contributed by atoms with van der Waals surface area (Å²) in [6.45, 7) is 5.38. The van der Waals surface area contributed by atoms with E-state index in [2.05, 4.69) is 0 Å². The van der Waals surface area contributed by atoms with Crippen molar-refractivity contribution < 1.29 is 19.4 Å². The predicted molar refractivity (Wildman–Crippen MR) is 108 cm³/mol. The molecule has 0 saturated heterocycles. The van der Waals surface area contributed by atoms with Gasteiger partial charge in [-0.25, -0.2) is 0 Å². The minimum Gasteiger partial charge on any atom is -0.466 e. The van der Waals surface area contributed by atoms with Gasteiger partial charge in [0, 0.05) is 18.4 Å². The third-order valence-corrected chi connectivity index (χ3v) is 5.39. The van der Waals surface area contributed by atoms with Gasteiger partial charge in [0.05, 0.1) is 12.5 Å². The minimum atomic E-state index is -1.46. The average Bonchev–Trinajstić information content (AvgIpc) is 2.67. The van der Waals surface area contributed by atoms with Gasteiger partial charge >= 0.3 is 5.97 Å². The van der Waals surface area contributed by atoms with Gasteiger partial charge in [-0.3, -0.25) is 9.59 Å². The molecule has 0 bridgehead atoms. The van der Waals surface area contributed by atoms with Crippen molar-refractivity contribution in [2.24, 2.45) is 11.8 Å². The normalized spacial score (nSPS) is 24.0. The van der Waals surface area contributed by atoms with Crippen LogP contribution in [0.2, 0.25) is 0 Å². The van der Waals surface area contributed by atoms with Gasteiger partial charge in [0.2, 0.25) is 0 Å². The molecule has 3 atom stereocenters. The predicted octanol–water partition coefficient (Wildman–Crippen LogP) is 4.13. The van der Waals surface area contributed by atoms with Crippen molar-refractivity contribution >= 4 is 11.8 Å². The number of hydrogen-bond donors (Lipinski definition) is 1. The number of Topliss-reactive ketones (excluding diaryl/α,β-unsaturated/α-hetero) is 1. The molecule has 0 fully saturated rings. The number of ether oxygens (including phenoxy) is 1. The Morgan fingerprint density at radius 1 is 1.04 bits per heavy atom. The molecular formula is C24H26O4. The molecule has 28 heavy (non-hydrogen) atoms. The van der Waals surface area contributed by atoms with Crippen LogP contribution in [0.4, 0.5) is 0 Å². The summed E-state index contributed by atoms with van der Waals surface area (Å²) in [5.74, 6) is -1.60. The van der Waals surface area contributed by atoms with Crippen LogP contribution >= 0.6 is 0 Å². The van der Waals surface area contributed by atoms with E-state index in [0.717, 1.165) is 11.1 Å². The van der Waals surface area contributed by atoms with E-state index in [9.17, 15) is 14.7 Å². The SMILES string of the molecule is CC(=O)OC[C@@H]1CC=C[C@](O)(c2ccc(C)cc2)[C@H]1C(=O)c1ccc(C)cc1. The standard InChI is InChI=1S/C24H26O4/c1-16-6-10-19(11-7-16)23(26)22-20(15-28-18(3)25)5-4-14-24(22,27)21-12-8-17(2)9-13-21/h4,6-14,20,22,27H,5,15H2,1-3H3/t20-,22+,24-/m0/s1. The van der Waals surface area contributed by atoms with Crippen LogP contribution in [0, 0.1) is 25.7 Å². The van der Waals surface area contributed by atoms with E-state index in [1.165, 1.54) is 6.92 Å². The van der Waals surface area contributed by atoms with E-state index in [1.54, 1.807) is 18.2 Å². The van der Waals surface area contributed by atoms with E-state index in [0.29, 0.717) is 17.5 Å². The van der Waals surface area contributed by atoms with Gasteiger partial charge < -0.3 is 9.84 Å². The molecule has 0 amide bonds. The Kier molecular flexibility index (Phi) is 5.80. The lowest BCUT2D eigenvalue weighted by Crippen LogP contribution is -2.46. The molecule has 0 aliphatic heterocycles. The Morgan fingerprint density at radius 3 is 2.18 bits per heavy atom. The highest BCUT2D eigenvalue weighted by atomic mass is 16.5. The van der Waals surface area contributed by atoms with Crippen LogP contribution in [-0.4, -0.2) is 23.5 Å². The zero-order valence-corrected chi connectivity index (χ0v) is 16.5. The second-order valence-electron chi connectivity index (χ2n) is 7.60. The molecule has 1 aliphatic rings. The van der Waals surface area contributed by atoms with Gasteiger partial charge in [0.25, 0.3) is 0 Å². The lowest BCUT2D eigenvalue weighted by Gasteiger charge is -2.40. The summed E-state index contributed by atoms with van der Waals surface area (Å²) in [7, 11) is 0. The topological polar surface area (TPSA) is 63.6 Å². The fourth-order valence-corrected chi connectivity index (χ4v) is 3.82. The zero-order chi connectivity index (χ0) is 20.3. The van der Waals surface area contributed by atoms with Crippen molar-refractivity contribution in [1.29, 1.82) is 0 Å². The summed E-state index contributed by atoms with van der Waals surface area (Å²) >= 11 is 0. The van der Waals surface area contributed by atoms with Crippen molar-refractivity contribution in [3.8, 4) is 0 Å². The van der Waals surface area contributed by atoms with Crippen LogP contribution < -0.4 is 0 Å². The number of hydrogen-bond acceptors (Lipinski definition) is 4. The summed E-state index contributed by atoms with van der Waals surface area (Å²) < 4.78 is 5.23. The van der Waals surface area contributed by atoms with Gasteiger partial charge in [-0.2, -0.15) is 0 Å². The third-order valence-electron chi connectivity index (χ3n) is 5.39. The number of benzene rings is 2. The number of esters is 1. The molecule has 2 aromatic rings.